The summed E-state index contributed by atoms with van der Waals surface area (Å²) in [5, 5.41) is 1.08. The average Bonchev–Trinajstić information content (AvgIpc) is 2.78. The maximum atomic E-state index is 5.73. The van der Waals surface area contributed by atoms with Crippen LogP contribution in [0, 0.1) is 0 Å². The van der Waals surface area contributed by atoms with E-state index in [0.29, 0.717) is 6.61 Å². The summed E-state index contributed by atoms with van der Waals surface area (Å²) in [6.07, 6.45) is 0.997. The van der Waals surface area contributed by atoms with E-state index >= 15 is 0 Å². The predicted molar refractivity (Wildman–Crippen MR) is 67.4 cm³/mol. The lowest BCUT2D eigenvalue weighted by Crippen LogP contribution is -2.31. The van der Waals surface area contributed by atoms with Crippen LogP contribution in [0.15, 0.2) is 34.7 Å². The van der Waals surface area contributed by atoms with E-state index in [1.165, 1.54) is 0 Å². The van der Waals surface area contributed by atoms with Crippen LogP contribution in [0.4, 0.5) is 0 Å². The molecular formula is C13H18N2O2. The third-order valence-corrected chi connectivity index (χ3v) is 2.62. The van der Waals surface area contributed by atoms with Gasteiger partial charge in [0, 0.05) is 12.0 Å². The summed E-state index contributed by atoms with van der Waals surface area (Å²) in [6, 6.07) is 9.79. The Morgan fingerprint density at radius 3 is 2.94 bits per heavy atom. The van der Waals surface area contributed by atoms with Gasteiger partial charge in [0.25, 0.3) is 0 Å². The second kappa shape index (κ2) is 5.82. The Bertz CT molecular complexity index is 434. The van der Waals surface area contributed by atoms with Crippen LogP contribution < -0.4 is 11.3 Å². The van der Waals surface area contributed by atoms with Gasteiger partial charge in [0.15, 0.2) is 0 Å². The van der Waals surface area contributed by atoms with Gasteiger partial charge in [-0.25, -0.2) is 5.43 Å². The van der Waals surface area contributed by atoms with Gasteiger partial charge in [-0.3, -0.25) is 5.84 Å². The normalized spacial score (nSPS) is 13.1. The first kappa shape index (κ1) is 12.1. The highest BCUT2D eigenvalue weighted by atomic mass is 16.5. The van der Waals surface area contributed by atoms with Crippen LogP contribution in [0.5, 0.6) is 0 Å². The predicted octanol–water partition coefficient (Wildman–Crippen LogP) is 2.36. The molecule has 0 saturated heterocycles. The lowest BCUT2D eigenvalue weighted by atomic mass is 10.2. The molecule has 2 aromatic rings. The van der Waals surface area contributed by atoms with Crippen molar-refractivity contribution in [1.82, 2.24) is 5.43 Å². The van der Waals surface area contributed by atoms with Gasteiger partial charge in [0.1, 0.15) is 17.4 Å². The number of nitrogens with two attached hydrogens (primary N) is 1. The van der Waals surface area contributed by atoms with Crippen LogP contribution >= 0.6 is 0 Å². The second-order valence-electron chi connectivity index (χ2n) is 3.98. The lowest BCUT2D eigenvalue weighted by molar-refractivity contribution is 0.106. The Kier molecular flexibility index (Phi) is 4.14. The maximum Gasteiger partial charge on any atom is 0.134 e. The molecule has 0 bridgehead atoms. The largest absolute Gasteiger partial charge is 0.459 e. The van der Waals surface area contributed by atoms with E-state index in [-0.39, 0.29) is 6.04 Å². The fourth-order valence-corrected chi connectivity index (χ4v) is 1.73. The van der Waals surface area contributed by atoms with E-state index in [2.05, 4.69) is 12.3 Å². The second-order valence-corrected chi connectivity index (χ2v) is 3.98. The van der Waals surface area contributed by atoms with Crippen molar-refractivity contribution in [1.29, 1.82) is 0 Å². The molecule has 92 valence electrons. The summed E-state index contributed by atoms with van der Waals surface area (Å²) < 4.78 is 11.2. The molecule has 1 aromatic heterocycles. The lowest BCUT2D eigenvalue weighted by Gasteiger charge is -2.12. The molecule has 1 aromatic carbocycles. The Labute approximate surface area is 101 Å². The summed E-state index contributed by atoms with van der Waals surface area (Å²) in [5.74, 6) is 6.33. The molecule has 0 fully saturated rings. The van der Waals surface area contributed by atoms with Gasteiger partial charge in [-0.1, -0.05) is 25.1 Å². The van der Waals surface area contributed by atoms with Gasteiger partial charge >= 0.3 is 0 Å². The molecule has 1 atom stereocenters. The van der Waals surface area contributed by atoms with Crippen molar-refractivity contribution in [3.63, 3.8) is 0 Å². The number of furan rings is 1. The highest BCUT2D eigenvalue weighted by Gasteiger charge is 2.14. The van der Waals surface area contributed by atoms with Crippen molar-refractivity contribution in [3.8, 4) is 0 Å². The summed E-state index contributed by atoms with van der Waals surface area (Å²) in [4.78, 5) is 0. The molecule has 0 saturated carbocycles. The molecule has 1 heterocycles. The van der Waals surface area contributed by atoms with Gasteiger partial charge in [-0.15, -0.1) is 0 Å². The first-order valence-corrected chi connectivity index (χ1v) is 5.87. The molecule has 0 aliphatic rings. The van der Waals surface area contributed by atoms with Crippen LogP contribution in [0.3, 0.4) is 0 Å². The van der Waals surface area contributed by atoms with Crippen molar-refractivity contribution < 1.29 is 9.15 Å². The number of fused-ring (bicyclic) bond motifs is 1. The third kappa shape index (κ3) is 2.85. The number of hydrogen-bond donors (Lipinski definition) is 2. The first-order valence-electron chi connectivity index (χ1n) is 5.87. The minimum absolute atomic E-state index is 0.103. The molecule has 4 nitrogen and oxygen atoms in total. The fourth-order valence-electron chi connectivity index (χ4n) is 1.73. The zero-order chi connectivity index (χ0) is 12.1. The Morgan fingerprint density at radius 2 is 2.24 bits per heavy atom. The van der Waals surface area contributed by atoms with Crippen molar-refractivity contribution in [2.45, 2.75) is 19.4 Å². The van der Waals surface area contributed by atoms with Gasteiger partial charge < -0.3 is 9.15 Å². The molecule has 0 aliphatic heterocycles. The topological polar surface area (TPSA) is 60.4 Å². The Morgan fingerprint density at radius 1 is 1.41 bits per heavy atom. The fraction of sp³-hybridized carbons (Fsp3) is 0.385. The number of hydrazine groups is 1. The average molecular weight is 234 g/mol. The quantitative estimate of drug-likeness (QED) is 0.457. The van der Waals surface area contributed by atoms with E-state index in [1.807, 2.05) is 30.3 Å². The van der Waals surface area contributed by atoms with E-state index < -0.39 is 0 Å². The highest BCUT2D eigenvalue weighted by molar-refractivity contribution is 5.77. The molecule has 0 spiro atoms. The van der Waals surface area contributed by atoms with Crippen molar-refractivity contribution >= 4 is 11.0 Å². The number of para-hydroxylation sites is 1. The molecule has 4 heteroatoms. The van der Waals surface area contributed by atoms with Crippen molar-refractivity contribution in [2.75, 3.05) is 13.2 Å². The van der Waals surface area contributed by atoms with E-state index in [1.54, 1.807) is 0 Å². The maximum absolute atomic E-state index is 5.73. The molecular weight excluding hydrogens is 216 g/mol. The van der Waals surface area contributed by atoms with Gasteiger partial charge in [0.2, 0.25) is 0 Å². The monoisotopic (exact) mass is 234 g/mol. The van der Waals surface area contributed by atoms with Gasteiger partial charge in [-0.2, -0.15) is 0 Å². The van der Waals surface area contributed by atoms with E-state index in [4.69, 9.17) is 15.0 Å². The summed E-state index contributed by atoms with van der Waals surface area (Å²) in [7, 11) is 0. The standard InChI is InChI=1S/C13H18N2O2/c1-2-7-16-9-11(15-14)13-8-10-5-3-4-6-12(10)17-13/h3-6,8,11,15H,2,7,9,14H2,1H3. The third-order valence-electron chi connectivity index (χ3n) is 2.62. The van der Waals surface area contributed by atoms with E-state index in [9.17, 15) is 0 Å². The van der Waals surface area contributed by atoms with Crippen LogP contribution in [-0.4, -0.2) is 13.2 Å². The van der Waals surface area contributed by atoms with Crippen LogP contribution in [0.1, 0.15) is 25.1 Å². The minimum Gasteiger partial charge on any atom is -0.459 e. The van der Waals surface area contributed by atoms with Crippen molar-refractivity contribution in [3.05, 3.63) is 36.1 Å². The van der Waals surface area contributed by atoms with Crippen LogP contribution in [0.25, 0.3) is 11.0 Å². The number of nitrogens with one attached hydrogen (secondary N) is 1. The van der Waals surface area contributed by atoms with Gasteiger partial charge in [0.05, 0.1) is 6.61 Å². The van der Waals surface area contributed by atoms with E-state index in [0.717, 1.165) is 29.8 Å². The molecule has 2 rings (SSSR count). The zero-order valence-electron chi connectivity index (χ0n) is 9.98. The van der Waals surface area contributed by atoms with Crippen LogP contribution in [0.2, 0.25) is 0 Å². The highest BCUT2D eigenvalue weighted by Crippen LogP contribution is 2.23. The van der Waals surface area contributed by atoms with Crippen molar-refractivity contribution in [2.24, 2.45) is 5.84 Å². The minimum atomic E-state index is -0.103. The SMILES string of the molecule is CCCOCC(NN)c1cc2ccccc2o1. The molecule has 1 unspecified atom stereocenters. The summed E-state index contributed by atoms with van der Waals surface area (Å²) >= 11 is 0. The number of hydrogen-bond acceptors (Lipinski definition) is 4. The summed E-state index contributed by atoms with van der Waals surface area (Å²) in [6.45, 7) is 3.33. The Hall–Kier alpha value is -1.36. The smallest absolute Gasteiger partial charge is 0.134 e. The molecule has 0 amide bonds. The number of benzene rings is 1. The van der Waals surface area contributed by atoms with Gasteiger partial charge in [-0.05, 0) is 18.6 Å². The van der Waals surface area contributed by atoms with Crippen LogP contribution in [-0.2, 0) is 4.74 Å². The molecule has 17 heavy (non-hydrogen) atoms. The number of rotatable bonds is 6. The first-order chi connectivity index (χ1) is 8.35. The molecule has 0 radical (unpaired) electrons. The Balaban J connectivity index is 2.12. The summed E-state index contributed by atoms with van der Waals surface area (Å²) in [5.41, 5.74) is 3.59. The molecule has 3 N–H and O–H groups in total. The zero-order valence-corrected chi connectivity index (χ0v) is 9.98. The number of ether oxygens (including phenoxy) is 1. The molecule has 0 aliphatic carbocycles.